The van der Waals surface area contributed by atoms with Gasteiger partial charge in [-0.25, -0.2) is 13.4 Å². The zero-order valence-electron chi connectivity index (χ0n) is 19.9. The van der Waals surface area contributed by atoms with Crippen molar-refractivity contribution in [3.63, 3.8) is 0 Å². The molecule has 0 aliphatic heterocycles. The Hall–Kier alpha value is -2.78. The molecular weight excluding hydrogens is 468 g/mol. The smallest absolute Gasteiger partial charge is 0.262 e. The van der Waals surface area contributed by atoms with Crippen molar-refractivity contribution in [2.24, 2.45) is 5.92 Å². The minimum atomic E-state index is -3.82. The largest absolute Gasteiger partial charge is 0.302 e. The van der Waals surface area contributed by atoms with E-state index >= 15 is 0 Å². The Bertz CT molecular complexity index is 1330. The van der Waals surface area contributed by atoms with Crippen molar-refractivity contribution < 1.29 is 13.2 Å². The second kappa shape index (κ2) is 9.84. The molecule has 1 saturated carbocycles. The Morgan fingerprint density at radius 1 is 1.09 bits per heavy atom. The minimum Gasteiger partial charge on any atom is -0.302 e. The van der Waals surface area contributed by atoms with Gasteiger partial charge in [-0.15, -0.1) is 0 Å². The summed E-state index contributed by atoms with van der Waals surface area (Å²) in [5.41, 5.74) is 4.22. The molecule has 3 aromatic rings. The van der Waals surface area contributed by atoms with Crippen molar-refractivity contribution in [3.05, 3.63) is 53.0 Å². The van der Waals surface area contributed by atoms with Gasteiger partial charge in [0.05, 0.1) is 27.4 Å². The minimum absolute atomic E-state index is 0.00866. The van der Waals surface area contributed by atoms with Gasteiger partial charge in [-0.05, 0) is 75.3 Å². The number of nitrogens with zero attached hydrogens (tertiary/aromatic N) is 2. The number of amides is 1. The van der Waals surface area contributed by atoms with Crippen LogP contribution in [0.1, 0.15) is 54.6 Å². The molecule has 1 aliphatic carbocycles. The van der Waals surface area contributed by atoms with Gasteiger partial charge in [0.15, 0.2) is 5.13 Å². The summed E-state index contributed by atoms with van der Waals surface area (Å²) < 4.78 is 29.1. The standard InChI is InChI=1S/C25H30N4O3S2/c1-15-9-10-20(13-22(15)34(31,32)29-21-14-26-17(3)11-16(21)2)24-18(4)27-25(33-24)28-23(30)12-19-7-5-6-8-19/h9-11,13-14,19,29H,5-8,12H2,1-4H3,(H,27,28,30). The average molecular weight is 499 g/mol. The zero-order valence-corrected chi connectivity index (χ0v) is 21.6. The molecule has 1 amide bonds. The van der Waals surface area contributed by atoms with Gasteiger partial charge in [0.1, 0.15) is 0 Å². The Balaban J connectivity index is 1.57. The highest BCUT2D eigenvalue weighted by molar-refractivity contribution is 7.92. The van der Waals surface area contributed by atoms with Gasteiger partial charge < -0.3 is 5.32 Å². The topological polar surface area (TPSA) is 101 Å². The number of anilines is 2. The average Bonchev–Trinajstić information content (AvgIpc) is 3.39. The van der Waals surface area contributed by atoms with Crippen LogP contribution in [0.15, 0.2) is 35.4 Å². The first-order valence-corrected chi connectivity index (χ1v) is 13.8. The molecule has 0 radical (unpaired) electrons. The van der Waals surface area contributed by atoms with E-state index < -0.39 is 10.0 Å². The fourth-order valence-electron chi connectivity index (χ4n) is 4.40. The van der Waals surface area contributed by atoms with Crippen molar-refractivity contribution >= 4 is 38.1 Å². The van der Waals surface area contributed by atoms with Gasteiger partial charge in [-0.2, -0.15) is 0 Å². The highest BCUT2D eigenvalue weighted by atomic mass is 32.2. The van der Waals surface area contributed by atoms with E-state index in [9.17, 15) is 13.2 Å². The predicted molar refractivity (Wildman–Crippen MR) is 137 cm³/mol. The molecule has 0 atom stereocenters. The fraction of sp³-hybridized carbons (Fsp3) is 0.400. The summed E-state index contributed by atoms with van der Waals surface area (Å²) in [7, 11) is -3.82. The van der Waals surface area contributed by atoms with Crippen LogP contribution in [0.2, 0.25) is 0 Å². The monoisotopic (exact) mass is 498 g/mol. The first-order chi connectivity index (χ1) is 16.1. The highest BCUT2D eigenvalue weighted by Crippen LogP contribution is 2.35. The van der Waals surface area contributed by atoms with Crippen LogP contribution in [-0.2, 0) is 14.8 Å². The van der Waals surface area contributed by atoms with E-state index in [-0.39, 0.29) is 10.8 Å². The molecule has 0 saturated heterocycles. The van der Waals surface area contributed by atoms with E-state index in [0.29, 0.717) is 28.7 Å². The lowest BCUT2D eigenvalue weighted by Gasteiger charge is -2.13. The SMILES string of the molecule is Cc1cc(C)c(NS(=O)(=O)c2cc(-c3sc(NC(=O)CC4CCCC4)nc3C)ccc2C)cn1. The molecule has 1 fully saturated rings. The normalized spacial score (nSPS) is 14.4. The highest BCUT2D eigenvalue weighted by Gasteiger charge is 2.22. The maximum absolute atomic E-state index is 13.2. The molecule has 1 aliphatic rings. The van der Waals surface area contributed by atoms with Crippen molar-refractivity contribution in [3.8, 4) is 10.4 Å². The number of hydrogen-bond acceptors (Lipinski definition) is 6. The zero-order chi connectivity index (χ0) is 24.5. The van der Waals surface area contributed by atoms with Gasteiger partial charge in [0, 0.05) is 12.1 Å². The van der Waals surface area contributed by atoms with Crippen LogP contribution in [0.3, 0.4) is 0 Å². The third-order valence-electron chi connectivity index (χ3n) is 6.22. The Kier molecular flexibility index (Phi) is 7.04. The molecule has 7 nitrogen and oxygen atoms in total. The van der Waals surface area contributed by atoms with Gasteiger partial charge in [0.2, 0.25) is 5.91 Å². The van der Waals surface area contributed by atoms with Crippen molar-refractivity contribution in [2.75, 3.05) is 10.0 Å². The van der Waals surface area contributed by atoms with Crippen molar-refractivity contribution in [1.29, 1.82) is 0 Å². The summed E-state index contributed by atoms with van der Waals surface area (Å²) in [5.74, 6) is 0.455. The van der Waals surface area contributed by atoms with E-state index in [4.69, 9.17) is 0 Å². The molecular formula is C25H30N4O3S2. The number of nitrogens with one attached hydrogen (secondary N) is 2. The lowest BCUT2D eigenvalue weighted by Crippen LogP contribution is -2.15. The number of aryl methyl sites for hydroxylation is 4. The molecule has 9 heteroatoms. The second-order valence-corrected chi connectivity index (χ2v) is 11.7. The third kappa shape index (κ3) is 5.47. The van der Waals surface area contributed by atoms with Crippen molar-refractivity contribution in [2.45, 2.75) is 64.7 Å². The maximum Gasteiger partial charge on any atom is 0.262 e. The van der Waals surface area contributed by atoms with E-state index in [0.717, 1.165) is 40.2 Å². The quantitative estimate of drug-likeness (QED) is 0.431. The third-order valence-corrected chi connectivity index (χ3v) is 8.85. The summed E-state index contributed by atoms with van der Waals surface area (Å²) in [4.78, 5) is 22.2. The molecule has 0 bridgehead atoms. The number of rotatable bonds is 7. The van der Waals surface area contributed by atoms with Crippen LogP contribution in [0.5, 0.6) is 0 Å². The first kappa shape index (κ1) is 24.3. The van der Waals surface area contributed by atoms with Crippen LogP contribution < -0.4 is 10.0 Å². The van der Waals surface area contributed by atoms with Crippen molar-refractivity contribution in [1.82, 2.24) is 9.97 Å². The van der Waals surface area contributed by atoms with Crippen LogP contribution in [0, 0.1) is 33.6 Å². The summed E-state index contributed by atoms with van der Waals surface area (Å²) in [6, 6.07) is 7.18. The number of pyridine rings is 1. The summed E-state index contributed by atoms with van der Waals surface area (Å²) in [5, 5.41) is 3.47. The molecule has 2 heterocycles. The number of hydrogen-bond donors (Lipinski definition) is 2. The maximum atomic E-state index is 13.2. The molecule has 34 heavy (non-hydrogen) atoms. The first-order valence-electron chi connectivity index (χ1n) is 11.5. The lowest BCUT2D eigenvalue weighted by atomic mass is 10.0. The van der Waals surface area contributed by atoms with E-state index in [1.165, 1.54) is 30.4 Å². The summed E-state index contributed by atoms with van der Waals surface area (Å²) in [6.45, 7) is 7.35. The van der Waals surface area contributed by atoms with Crippen LogP contribution >= 0.6 is 11.3 Å². The molecule has 0 unspecified atom stereocenters. The molecule has 1 aromatic carbocycles. The fourth-order valence-corrected chi connectivity index (χ4v) is 6.76. The van der Waals surface area contributed by atoms with Gasteiger partial charge in [-0.3, -0.25) is 14.5 Å². The number of benzene rings is 1. The number of carbonyl (C=O) groups excluding carboxylic acids is 1. The summed E-state index contributed by atoms with van der Waals surface area (Å²) in [6.07, 6.45) is 6.69. The number of carbonyl (C=O) groups is 1. The van der Waals surface area contributed by atoms with Gasteiger partial charge in [0.25, 0.3) is 10.0 Å². The van der Waals surface area contributed by atoms with Crippen LogP contribution in [-0.4, -0.2) is 24.3 Å². The van der Waals surface area contributed by atoms with E-state index in [1.54, 1.807) is 19.1 Å². The Labute approximate surface area is 205 Å². The number of sulfonamides is 1. The Morgan fingerprint density at radius 3 is 2.53 bits per heavy atom. The van der Waals surface area contributed by atoms with Crippen LogP contribution in [0.4, 0.5) is 10.8 Å². The van der Waals surface area contributed by atoms with E-state index in [2.05, 4.69) is 20.0 Å². The van der Waals surface area contributed by atoms with Crippen LogP contribution in [0.25, 0.3) is 10.4 Å². The second-order valence-electron chi connectivity index (χ2n) is 9.06. The summed E-state index contributed by atoms with van der Waals surface area (Å²) >= 11 is 1.36. The Morgan fingerprint density at radius 2 is 1.82 bits per heavy atom. The molecule has 2 N–H and O–H groups in total. The predicted octanol–water partition coefficient (Wildman–Crippen LogP) is 5.76. The number of thiazole rings is 1. The molecule has 0 spiro atoms. The molecule has 180 valence electrons. The van der Waals surface area contributed by atoms with Gasteiger partial charge in [-0.1, -0.05) is 36.3 Å². The molecule has 4 rings (SSSR count). The number of aromatic nitrogens is 2. The lowest BCUT2D eigenvalue weighted by molar-refractivity contribution is -0.117. The van der Waals surface area contributed by atoms with Gasteiger partial charge >= 0.3 is 0 Å². The molecule has 2 aromatic heterocycles. The van der Waals surface area contributed by atoms with E-state index in [1.807, 2.05) is 32.9 Å².